The molecule has 1 aliphatic heterocycles. The van der Waals surface area contributed by atoms with E-state index in [4.69, 9.17) is 14.4 Å². The van der Waals surface area contributed by atoms with E-state index in [1.807, 2.05) is 0 Å². The van der Waals surface area contributed by atoms with Crippen molar-refractivity contribution in [2.75, 3.05) is 0 Å². The van der Waals surface area contributed by atoms with E-state index in [0.717, 1.165) is 88.4 Å². The van der Waals surface area contributed by atoms with Gasteiger partial charge in [0, 0.05) is 32.5 Å². The lowest BCUT2D eigenvalue weighted by Crippen LogP contribution is -2.34. The van der Waals surface area contributed by atoms with E-state index in [2.05, 4.69) is 240 Å². The molecule has 0 amide bonds. The first-order chi connectivity index (χ1) is 33.7. The number of benzene rings is 11. The lowest BCUT2D eigenvalue weighted by molar-refractivity contribution is 0.670. The molecule has 14 rings (SSSR count). The number of nitrogens with one attached hydrogen (secondary N) is 1. The van der Waals surface area contributed by atoms with Gasteiger partial charge in [0.2, 0.25) is 0 Å². The van der Waals surface area contributed by atoms with Crippen LogP contribution in [0.5, 0.6) is 0 Å². The summed E-state index contributed by atoms with van der Waals surface area (Å²) in [5.41, 5.74) is 12.3. The van der Waals surface area contributed by atoms with E-state index >= 15 is 0 Å². The Morgan fingerprint density at radius 3 is 1.65 bits per heavy atom. The van der Waals surface area contributed by atoms with Crippen molar-refractivity contribution in [1.82, 2.24) is 9.88 Å². The highest BCUT2D eigenvalue weighted by atomic mass is 16.3. The monoisotopic (exact) mass is 868 g/mol. The van der Waals surface area contributed by atoms with Crippen molar-refractivity contribution < 1.29 is 4.42 Å². The van der Waals surface area contributed by atoms with Crippen LogP contribution in [-0.4, -0.2) is 16.2 Å². The second-order valence-electron chi connectivity index (χ2n) is 17.8. The molecule has 1 unspecified atom stereocenters. The summed E-state index contributed by atoms with van der Waals surface area (Å²) in [4.78, 5) is 11.1. The van der Waals surface area contributed by atoms with Crippen LogP contribution in [0.25, 0.3) is 104 Å². The fraction of sp³-hybridized carbons (Fsp3) is 0.0159. The molecule has 0 radical (unpaired) electrons. The Hall–Kier alpha value is -9.06. The maximum absolute atomic E-state index is 6.98. The van der Waals surface area contributed by atoms with Crippen molar-refractivity contribution in [3.05, 3.63) is 247 Å². The summed E-state index contributed by atoms with van der Waals surface area (Å²) in [5, 5.41) is 15.3. The van der Waals surface area contributed by atoms with Crippen LogP contribution in [0.15, 0.2) is 245 Å². The first-order valence-corrected chi connectivity index (χ1v) is 23.2. The van der Waals surface area contributed by atoms with Gasteiger partial charge in [-0.1, -0.05) is 182 Å². The maximum atomic E-state index is 6.98. The number of aromatic nitrogens is 1. The van der Waals surface area contributed by atoms with Crippen LogP contribution in [0.4, 0.5) is 0 Å². The van der Waals surface area contributed by atoms with Crippen LogP contribution < -0.4 is 5.32 Å². The third-order valence-electron chi connectivity index (χ3n) is 13.8. The van der Waals surface area contributed by atoms with Gasteiger partial charge in [0.05, 0.1) is 22.3 Å². The van der Waals surface area contributed by atoms with Gasteiger partial charge in [-0.15, -0.1) is 0 Å². The summed E-state index contributed by atoms with van der Waals surface area (Å²) >= 11 is 0. The Labute approximate surface area is 391 Å². The minimum Gasteiger partial charge on any atom is -0.455 e. The van der Waals surface area contributed by atoms with Crippen molar-refractivity contribution >= 4 is 87.7 Å². The molecule has 0 bridgehead atoms. The average molecular weight is 869 g/mol. The van der Waals surface area contributed by atoms with Crippen LogP contribution >= 0.6 is 0 Å². The Morgan fingerprint density at radius 2 is 0.971 bits per heavy atom. The van der Waals surface area contributed by atoms with Gasteiger partial charge in [-0.25, -0.2) is 9.98 Å². The number of aliphatic imine (C=N–C) groups is 2. The third kappa shape index (κ3) is 6.17. The maximum Gasteiger partial charge on any atom is 0.159 e. The van der Waals surface area contributed by atoms with Crippen LogP contribution in [0.2, 0.25) is 0 Å². The van der Waals surface area contributed by atoms with Crippen LogP contribution in [0, 0.1) is 0 Å². The van der Waals surface area contributed by atoms with E-state index in [1.165, 1.54) is 32.3 Å². The molecule has 0 saturated heterocycles. The van der Waals surface area contributed by atoms with Crippen molar-refractivity contribution in [2.24, 2.45) is 9.98 Å². The minimum atomic E-state index is -0.469. The molecule has 1 aliphatic rings. The normalized spacial score (nSPS) is 14.0. The number of hydrogen-bond donors (Lipinski definition) is 1. The quantitative estimate of drug-likeness (QED) is 0.181. The summed E-state index contributed by atoms with van der Waals surface area (Å²) < 4.78 is 9.43. The highest BCUT2D eigenvalue weighted by molar-refractivity contribution is 6.27. The standard InChI is InChI=1S/C63H40N4O/c1-3-14-39(15-4-1)41-26-28-43(29-27-41)61-64-62(49-24-13-23-44(34-49)40-16-5-2-6-17-40)66-63(65-61)59-54(32-33-57-58(59)51-31-30-42-18-11-12-25-50(42)60(51)68-57)67-55-37-47-21-9-7-19-45(47)35-52(55)53-36-46-20-8-10-22-48(46)38-56(53)67/h1-38,62H,(H,64,65,66). The van der Waals surface area contributed by atoms with Gasteiger partial charge in [-0.3, -0.25) is 0 Å². The van der Waals surface area contributed by atoms with E-state index in [-0.39, 0.29) is 0 Å². The second kappa shape index (κ2) is 15.3. The topological polar surface area (TPSA) is 54.8 Å². The van der Waals surface area contributed by atoms with Gasteiger partial charge in [-0.2, -0.15) is 0 Å². The minimum absolute atomic E-state index is 0.469. The average Bonchev–Trinajstić information content (AvgIpc) is 3.94. The molecular formula is C63H40N4O. The van der Waals surface area contributed by atoms with E-state index in [0.29, 0.717) is 11.7 Å². The molecule has 3 heterocycles. The predicted molar refractivity (Wildman–Crippen MR) is 283 cm³/mol. The summed E-state index contributed by atoms with van der Waals surface area (Å²) in [7, 11) is 0. The zero-order valence-electron chi connectivity index (χ0n) is 36.8. The summed E-state index contributed by atoms with van der Waals surface area (Å²) in [6, 6.07) is 82.3. The van der Waals surface area contributed by atoms with Crippen molar-refractivity contribution in [3.8, 4) is 27.9 Å². The summed E-state index contributed by atoms with van der Waals surface area (Å²) in [5.74, 6) is 1.36. The fourth-order valence-electron chi connectivity index (χ4n) is 10.5. The van der Waals surface area contributed by atoms with Crippen molar-refractivity contribution in [3.63, 3.8) is 0 Å². The van der Waals surface area contributed by atoms with Gasteiger partial charge in [-0.05, 0) is 103 Å². The summed E-state index contributed by atoms with van der Waals surface area (Å²) in [6.45, 7) is 0. The molecule has 1 N–H and O–H groups in total. The van der Waals surface area contributed by atoms with Crippen LogP contribution in [0.3, 0.4) is 0 Å². The van der Waals surface area contributed by atoms with Gasteiger partial charge in [0.1, 0.15) is 23.2 Å². The van der Waals surface area contributed by atoms with Crippen molar-refractivity contribution in [2.45, 2.75) is 6.17 Å². The Morgan fingerprint density at radius 1 is 0.412 bits per heavy atom. The number of furan rings is 1. The fourth-order valence-corrected chi connectivity index (χ4v) is 10.5. The summed E-state index contributed by atoms with van der Waals surface area (Å²) in [6.07, 6.45) is -0.469. The predicted octanol–water partition coefficient (Wildman–Crippen LogP) is 16.0. The lowest BCUT2D eigenvalue weighted by Gasteiger charge is -2.26. The molecule has 0 fully saturated rings. The smallest absolute Gasteiger partial charge is 0.159 e. The van der Waals surface area contributed by atoms with Gasteiger partial charge in [0.25, 0.3) is 0 Å². The first kappa shape index (κ1) is 38.2. The van der Waals surface area contributed by atoms with Gasteiger partial charge in [0.15, 0.2) is 5.84 Å². The molecule has 0 saturated carbocycles. The zero-order chi connectivity index (χ0) is 44.7. The molecule has 5 nitrogen and oxygen atoms in total. The zero-order valence-corrected chi connectivity index (χ0v) is 36.8. The first-order valence-electron chi connectivity index (χ1n) is 23.2. The number of hydrogen-bond acceptors (Lipinski definition) is 4. The van der Waals surface area contributed by atoms with Crippen LogP contribution in [0.1, 0.15) is 22.9 Å². The SMILES string of the molecule is c1ccc(-c2ccc(C3=NC(c4cccc(-c5ccccc5)c4)NC(c4c(-n5c6cc7ccccc7cc6c6cc7ccccc7cc65)ccc5oc6c7ccccc7ccc6c45)=N3)cc2)cc1. The highest BCUT2D eigenvalue weighted by Crippen LogP contribution is 2.43. The number of amidine groups is 2. The number of nitrogens with zero attached hydrogens (tertiary/aromatic N) is 3. The Kier molecular flexibility index (Phi) is 8.58. The highest BCUT2D eigenvalue weighted by Gasteiger charge is 2.29. The molecule has 1 atom stereocenters. The Bertz CT molecular complexity index is 4130. The lowest BCUT2D eigenvalue weighted by atomic mass is 9.98. The van der Waals surface area contributed by atoms with Crippen molar-refractivity contribution in [1.29, 1.82) is 0 Å². The van der Waals surface area contributed by atoms with E-state index < -0.39 is 6.17 Å². The largest absolute Gasteiger partial charge is 0.455 e. The Balaban J connectivity index is 1.07. The van der Waals surface area contributed by atoms with Gasteiger partial charge >= 0.3 is 0 Å². The van der Waals surface area contributed by atoms with Gasteiger partial charge < -0.3 is 14.3 Å². The molecule has 2 aromatic heterocycles. The molecule has 11 aromatic carbocycles. The number of rotatable bonds is 6. The number of fused-ring (bicyclic) bond motifs is 10. The van der Waals surface area contributed by atoms with E-state index in [1.54, 1.807) is 0 Å². The van der Waals surface area contributed by atoms with Crippen LogP contribution in [-0.2, 0) is 0 Å². The molecule has 5 heteroatoms. The molecule has 13 aromatic rings. The molecule has 318 valence electrons. The molecule has 68 heavy (non-hydrogen) atoms. The molecular weight excluding hydrogens is 829 g/mol. The molecule has 0 aliphatic carbocycles. The second-order valence-corrected chi connectivity index (χ2v) is 17.8. The molecule has 0 spiro atoms. The third-order valence-corrected chi connectivity index (χ3v) is 13.8. The van der Waals surface area contributed by atoms with E-state index in [9.17, 15) is 0 Å².